The molecule has 0 radical (unpaired) electrons. The Kier molecular flexibility index (Phi) is 4.51. The summed E-state index contributed by atoms with van der Waals surface area (Å²) in [7, 11) is 0. The van der Waals surface area contributed by atoms with Gasteiger partial charge >= 0.3 is 0 Å². The molecule has 2 atom stereocenters. The zero-order valence-electron chi connectivity index (χ0n) is 12.0. The van der Waals surface area contributed by atoms with Crippen LogP contribution in [0.4, 0.5) is 5.82 Å². The third-order valence-corrected chi connectivity index (χ3v) is 4.35. The maximum atomic E-state index is 4.27. The average Bonchev–Trinajstić information content (AvgIpc) is 2.80. The maximum Gasteiger partial charge on any atom is 0.130 e. The molecule has 3 rings (SSSR count). The number of likely N-dealkylation sites (tertiary alicyclic amines) is 1. The van der Waals surface area contributed by atoms with Gasteiger partial charge in [-0.05, 0) is 34.8 Å². The molecule has 0 spiro atoms. The number of nitrogens with one attached hydrogen (secondary N) is 1. The molecule has 2 unspecified atom stereocenters. The fourth-order valence-corrected chi connectivity index (χ4v) is 3.17. The van der Waals surface area contributed by atoms with Crippen LogP contribution in [-0.2, 0) is 6.54 Å². The molecule has 21 heavy (non-hydrogen) atoms. The highest BCUT2D eigenvalue weighted by Crippen LogP contribution is 2.23. The summed E-state index contributed by atoms with van der Waals surface area (Å²) in [4.78, 5) is 10.8. The third kappa shape index (κ3) is 3.80. The summed E-state index contributed by atoms with van der Waals surface area (Å²) >= 11 is 3.38. The molecule has 1 aromatic carbocycles. The van der Waals surface area contributed by atoms with Crippen molar-refractivity contribution < 1.29 is 0 Å². The monoisotopic (exact) mass is 346 g/mol. The molecule has 0 amide bonds. The molecule has 5 heteroatoms. The van der Waals surface area contributed by atoms with E-state index in [2.05, 4.69) is 73.4 Å². The fraction of sp³-hybridized carbons (Fsp3) is 0.375. The van der Waals surface area contributed by atoms with Crippen LogP contribution in [0.5, 0.6) is 0 Å². The normalized spacial score (nSPS) is 22.4. The van der Waals surface area contributed by atoms with Crippen molar-refractivity contribution in [2.75, 3.05) is 11.9 Å². The Labute approximate surface area is 133 Å². The molecule has 0 saturated carbocycles. The molecular weight excluding hydrogens is 328 g/mol. The van der Waals surface area contributed by atoms with Crippen LogP contribution in [0.3, 0.4) is 0 Å². The van der Waals surface area contributed by atoms with Crippen molar-refractivity contribution in [2.24, 2.45) is 0 Å². The van der Waals surface area contributed by atoms with Crippen molar-refractivity contribution in [3.63, 3.8) is 0 Å². The highest BCUT2D eigenvalue weighted by atomic mass is 79.9. The van der Waals surface area contributed by atoms with E-state index in [9.17, 15) is 0 Å². The van der Waals surface area contributed by atoms with E-state index in [1.165, 1.54) is 5.56 Å². The number of rotatable bonds is 4. The molecule has 0 aliphatic carbocycles. The van der Waals surface area contributed by atoms with Crippen LogP contribution in [-0.4, -0.2) is 33.5 Å². The highest BCUT2D eigenvalue weighted by Gasteiger charge is 2.29. The Morgan fingerprint density at radius 3 is 2.86 bits per heavy atom. The predicted octanol–water partition coefficient (Wildman–Crippen LogP) is 3.31. The Morgan fingerprint density at radius 1 is 1.29 bits per heavy atom. The molecular formula is C16H19BrN4. The second-order valence-electron chi connectivity index (χ2n) is 5.57. The number of halogens is 1. The van der Waals surface area contributed by atoms with Crippen molar-refractivity contribution in [1.29, 1.82) is 0 Å². The molecule has 2 aromatic rings. The number of hydrogen-bond donors (Lipinski definition) is 1. The van der Waals surface area contributed by atoms with Gasteiger partial charge < -0.3 is 5.32 Å². The van der Waals surface area contributed by atoms with Crippen molar-refractivity contribution in [1.82, 2.24) is 14.9 Å². The molecule has 1 N–H and O–H groups in total. The Morgan fingerprint density at radius 2 is 2.10 bits per heavy atom. The van der Waals surface area contributed by atoms with Crippen LogP contribution < -0.4 is 5.32 Å². The van der Waals surface area contributed by atoms with E-state index in [1.807, 2.05) is 6.07 Å². The van der Waals surface area contributed by atoms with E-state index in [4.69, 9.17) is 0 Å². The maximum absolute atomic E-state index is 4.27. The van der Waals surface area contributed by atoms with Crippen molar-refractivity contribution in [3.05, 3.63) is 52.9 Å². The van der Waals surface area contributed by atoms with Gasteiger partial charge in [-0.15, -0.1) is 0 Å². The predicted molar refractivity (Wildman–Crippen MR) is 88.1 cm³/mol. The summed E-state index contributed by atoms with van der Waals surface area (Å²) < 4.78 is 0.812. The summed E-state index contributed by atoms with van der Waals surface area (Å²) in [6, 6.07) is 13.6. The van der Waals surface area contributed by atoms with Gasteiger partial charge in [0.05, 0.1) is 0 Å². The van der Waals surface area contributed by atoms with Crippen LogP contribution in [0.1, 0.15) is 18.9 Å². The zero-order valence-corrected chi connectivity index (χ0v) is 13.6. The molecule has 0 bridgehead atoms. The molecule has 4 nitrogen and oxygen atoms in total. The minimum absolute atomic E-state index is 0.436. The van der Waals surface area contributed by atoms with Gasteiger partial charge in [-0.25, -0.2) is 9.97 Å². The van der Waals surface area contributed by atoms with E-state index >= 15 is 0 Å². The molecule has 1 aliphatic rings. The second kappa shape index (κ2) is 6.54. The standard InChI is InChI=1S/C16H19BrN4/c1-12-7-14(20-16-8-15(17)18-11-19-16)10-21(12)9-13-5-3-2-4-6-13/h2-6,8,11-12,14H,7,9-10H2,1H3,(H,18,19,20). The summed E-state index contributed by atoms with van der Waals surface area (Å²) in [5.41, 5.74) is 1.37. The largest absolute Gasteiger partial charge is 0.366 e. The lowest BCUT2D eigenvalue weighted by atomic mass is 10.2. The summed E-state index contributed by atoms with van der Waals surface area (Å²) in [5.74, 6) is 0.885. The van der Waals surface area contributed by atoms with Crippen LogP contribution in [0, 0.1) is 0 Å². The highest BCUT2D eigenvalue weighted by molar-refractivity contribution is 9.10. The lowest BCUT2D eigenvalue weighted by Crippen LogP contribution is -2.28. The molecule has 1 aromatic heterocycles. The van der Waals surface area contributed by atoms with Gasteiger partial charge in [-0.2, -0.15) is 0 Å². The van der Waals surface area contributed by atoms with Gasteiger partial charge in [0.1, 0.15) is 16.7 Å². The first-order valence-electron chi connectivity index (χ1n) is 7.23. The zero-order chi connectivity index (χ0) is 14.7. The van der Waals surface area contributed by atoms with E-state index in [0.29, 0.717) is 12.1 Å². The third-order valence-electron chi connectivity index (χ3n) is 3.92. The second-order valence-corrected chi connectivity index (χ2v) is 6.38. The smallest absolute Gasteiger partial charge is 0.130 e. The Balaban J connectivity index is 1.61. The molecule has 1 fully saturated rings. The summed E-state index contributed by atoms with van der Waals surface area (Å²) in [6.07, 6.45) is 2.71. The lowest BCUT2D eigenvalue weighted by Gasteiger charge is -2.20. The number of aromatic nitrogens is 2. The molecule has 1 saturated heterocycles. The quantitative estimate of drug-likeness (QED) is 0.862. The van der Waals surface area contributed by atoms with Crippen LogP contribution >= 0.6 is 15.9 Å². The lowest BCUT2D eigenvalue weighted by molar-refractivity contribution is 0.259. The van der Waals surface area contributed by atoms with Gasteiger partial charge in [-0.3, -0.25) is 4.90 Å². The Hall–Kier alpha value is -1.46. The number of anilines is 1. The molecule has 110 valence electrons. The van der Waals surface area contributed by atoms with Gasteiger partial charge in [0.2, 0.25) is 0 Å². The van der Waals surface area contributed by atoms with Crippen molar-refractivity contribution in [2.45, 2.75) is 32.0 Å². The number of hydrogen-bond acceptors (Lipinski definition) is 4. The number of benzene rings is 1. The van der Waals surface area contributed by atoms with Crippen LogP contribution in [0.15, 0.2) is 47.3 Å². The molecule has 2 heterocycles. The van der Waals surface area contributed by atoms with E-state index in [-0.39, 0.29) is 0 Å². The first kappa shape index (κ1) is 14.5. The van der Waals surface area contributed by atoms with Crippen molar-refractivity contribution in [3.8, 4) is 0 Å². The topological polar surface area (TPSA) is 41.1 Å². The molecule has 1 aliphatic heterocycles. The van der Waals surface area contributed by atoms with E-state index < -0.39 is 0 Å². The van der Waals surface area contributed by atoms with Gasteiger partial charge in [0, 0.05) is 31.2 Å². The summed E-state index contributed by atoms with van der Waals surface area (Å²) in [6.45, 7) is 4.34. The average molecular weight is 347 g/mol. The van der Waals surface area contributed by atoms with E-state index in [1.54, 1.807) is 6.33 Å². The summed E-state index contributed by atoms with van der Waals surface area (Å²) in [5, 5.41) is 3.51. The van der Waals surface area contributed by atoms with Crippen LogP contribution in [0.2, 0.25) is 0 Å². The minimum atomic E-state index is 0.436. The minimum Gasteiger partial charge on any atom is -0.366 e. The Bertz CT molecular complexity index is 590. The number of nitrogens with zero attached hydrogens (tertiary/aromatic N) is 3. The first-order chi connectivity index (χ1) is 10.2. The SMILES string of the molecule is CC1CC(Nc2cc(Br)ncn2)CN1Cc1ccccc1. The van der Waals surface area contributed by atoms with Gasteiger partial charge in [0.25, 0.3) is 0 Å². The van der Waals surface area contributed by atoms with Crippen molar-refractivity contribution >= 4 is 21.7 Å². The fourth-order valence-electron chi connectivity index (χ4n) is 2.86. The van der Waals surface area contributed by atoms with Crippen LogP contribution in [0.25, 0.3) is 0 Å². The van der Waals surface area contributed by atoms with Gasteiger partial charge in [-0.1, -0.05) is 30.3 Å². The first-order valence-corrected chi connectivity index (χ1v) is 8.02. The van der Waals surface area contributed by atoms with E-state index in [0.717, 1.165) is 29.9 Å². The van der Waals surface area contributed by atoms with Gasteiger partial charge in [0.15, 0.2) is 0 Å².